The van der Waals surface area contributed by atoms with E-state index in [0.29, 0.717) is 35.1 Å². The first-order valence-corrected chi connectivity index (χ1v) is 9.91. The Morgan fingerprint density at radius 1 is 1.08 bits per heavy atom. The van der Waals surface area contributed by atoms with Crippen molar-refractivity contribution in [3.05, 3.63) is 58.6 Å². The zero-order chi connectivity index (χ0) is 18.0. The third-order valence-corrected chi connectivity index (χ3v) is 6.35. The molecule has 25 heavy (non-hydrogen) atoms. The fraction of sp³-hybridized carbons (Fsp3) is 0.235. The lowest BCUT2D eigenvalue weighted by atomic mass is 10.2. The van der Waals surface area contributed by atoms with Crippen molar-refractivity contribution in [1.29, 1.82) is 0 Å². The predicted octanol–water partition coefficient (Wildman–Crippen LogP) is 3.79. The van der Waals surface area contributed by atoms with Crippen LogP contribution in [0.1, 0.15) is 12.8 Å². The Balaban J connectivity index is 1.82. The molecule has 0 spiro atoms. The molecule has 1 amide bonds. The van der Waals surface area contributed by atoms with Gasteiger partial charge in [0.05, 0.1) is 4.90 Å². The molecule has 1 heterocycles. The summed E-state index contributed by atoms with van der Waals surface area (Å²) in [5, 5.41) is 3.49. The van der Waals surface area contributed by atoms with Crippen LogP contribution in [0.25, 0.3) is 0 Å². The summed E-state index contributed by atoms with van der Waals surface area (Å²) in [6, 6.07) is 12.0. The van der Waals surface area contributed by atoms with Gasteiger partial charge in [-0.15, -0.1) is 0 Å². The van der Waals surface area contributed by atoms with E-state index in [1.807, 2.05) is 0 Å². The van der Waals surface area contributed by atoms with Crippen LogP contribution in [0.15, 0.2) is 53.4 Å². The van der Waals surface area contributed by atoms with E-state index in [-0.39, 0.29) is 4.90 Å². The van der Waals surface area contributed by atoms with Crippen LogP contribution in [-0.4, -0.2) is 31.2 Å². The zero-order valence-corrected chi connectivity index (χ0v) is 15.5. The monoisotopic (exact) mass is 398 g/mol. The normalized spacial score (nSPS) is 18.2. The molecule has 0 aromatic heterocycles. The van der Waals surface area contributed by atoms with Crippen molar-refractivity contribution in [2.75, 3.05) is 11.9 Å². The van der Waals surface area contributed by atoms with E-state index in [2.05, 4.69) is 5.32 Å². The number of hydrogen-bond acceptors (Lipinski definition) is 3. The second kappa shape index (κ2) is 7.33. The van der Waals surface area contributed by atoms with E-state index in [1.54, 1.807) is 36.4 Å². The Morgan fingerprint density at radius 2 is 1.72 bits per heavy atom. The molecule has 3 rings (SSSR count). The molecule has 5 nitrogen and oxygen atoms in total. The number of hydrogen-bond donors (Lipinski definition) is 1. The molecule has 1 aliphatic rings. The Kier molecular flexibility index (Phi) is 5.34. The van der Waals surface area contributed by atoms with Crippen LogP contribution in [-0.2, 0) is 14.8 Å². The number of carbonyl (C=O) groups excluding carboxylic acids is 1. The summed E-state index contributed by atoms with van der Waals surface area (Å²) in [5.41, 5.74) is 0.437. The second-order valence-electron chi connectivity index (χ2n) is 5.73. The van der Waals surface area contributed by atoms with Crippen LogP contribution in [0.5, 0.6) is 0 Å². The lowest BCUT2D eigenvalue weighted by Crippen LogP contribution is -2.43. The van der Waals surface area contributed by atoms with Crippen molar-refractivity contribution in [1.82, 2.24) is 4.31 Å². The average molecular weight is 399 g/mol. The summed E-state index contributed by atoms with van der Waals surface area (Å²) >= 11 is 11.9. The van der Waals surface area contributed by atoms with E-state index >= 15 is 0 Å². The third-order valence-electron chi connectivity index (χ3n) is 3.99. The van der Waals surface area contributed by atoms with Crippen LogP contribution >= 0.6 is 23.2 Å². The highest BCUT2D eigenvalue weighted by Gasteiger charge is 2.39. The van der Waals surface area contributed by atoms with Gasteiger partial charge in [-0.25, -0.2) is 8.42 Å². The van der Waals surface area contributed by atoms with Crippen molar-refractivity contribution < 1.29 is 13.2 Å². The van der Waals surface area contributed by atoms with Crippen molar-refractivity contribution >= 4 is 44.8 Å². The lowest BCUT2D eigenvalue weighted by Gasteiger charge is -2.23. The molecule has 1 atom stereocenters. The molecule has 132 valence electrons. The Labute approximate surface area is 156 Å². The first-order chi connectivity index (χ1) is 11.9. The highest BCUT2D eigenvalue weighted by Crippen LogP contribution is 2.28. The smallest absolute Gasteiger partial charge is 0.243 e. The number of benzene rings is 2. The molecule has 1 unspecified atom stereocenters. The molecular weight excluding hydrogens is 383 g/mol. The van der Waals surface area contributed by atoms with E-state index in [9.17, 15) is 13.2 Å². The van der Waals surface area contributed by atoms with Crippen LogP contribution < -0.4 is 5.32 Å². The standard InChI is InChI=1S/C17H16Cl2N2O3S/c18-12-9-13(19)11-14(10-12)20-17(22)16-7-4-8-21(16)25(23,24)15-5-2-1-3-6-15/h1-3,5-6,9-11,16H,4,7-8H2,(H,20,22). The van der Waals surface area contributed by atoms with E-state index in [0.717, 1.165) is 0 Å². The highest BCUT2D eigenvalue weighted by molar-refractivity contribution is 7.89. The molecule has 0 radical (unpaired) electrons. The summed E-state index contributed by atoms with van der Waals surface area (Å²) in [5.74, 6) is -0.393. The number of rotatable bonds is 4. The number of sulfonamides is 1. The van der Waals surface area contributed by atoms with Gasteiger partial charge in [-0.1, -0.05) is 41.4 Å². The Bertz CT molecular complexity index is 868. The van der Waals surface area contributed by atoms with Crippen LogP contribution in [0.4, 0.5) is 5.69 Å². The Morgan fingerprint density at radius 3 is 2.36 bits per heavy atom. The van der Waals surface area contributed by atoms with Crippen molar-refractivity contribution in [3.63, 3.8) is 0 Å². The van der Waals surface area contributed by atoms with Gasteiger partial charge in [0.2, 0.25) is 15.9 Å². The second-order valence-corrected chi connectivity index (χ2v) is 8.50. The van der Waals surface area contributed by atoms with Crippen LogP contribution in [0.3, 0.4) is 0 Å². The molecule has 2 aromatic carbocycles. The van der Waals surface area contributed by atoms with Gasteiger partial charge in [-0.2, -0.15) is 4.31 Å². The summed E-state index contributed by atoms with van der Waals surface area (Å²) in [6.45, 7) is 0.311. The number of anilines is 1. The van der Waals surface area contributed by atoms with Crippen LogP contribution in [0, 0.1) is 0 Å². The van der Waals surface area contributed by atoms with Gasteiger partial charge in [0.15, 0.2) is 0 Å². The Hall–Kier alpha value is -1.60. The SMILES string of the molecule is O=C(Nc1cc(Cl)cc(Cl)c1)C1CCCN1S(=O)(=O)c1ccccc1. The molecule has 8 heteroatoms. The molecule has 1 aliphatic heterocycles. The maximum absolute atomic E-state index is 12.8. The minimum Gasteiger partial charge on any atom is -0.325 e. The van der Waals surface area contributed by atoms with E-state index in [1.165, 1.54) is 16.4 Å². The van der Waals surface area contributed by atoms with Crippen molar-refractivity contribution in [2.45, 2.75) is 23.8 Å². The zero-order valence-electron chi connectivity index (χ0n) is 13.2. The number of amides is 1. The predicted molar refractivity (Wildman–Crippen MR) is 98.4 cm³/mol. The molecule has 0 bridgehead atoms. The minimum atomic E-state index is -3.72. The summed E-state index contributed by atoms with van der Waals surface area (Å²) < 4.78 is 26.9. The largest absolute Gasteiger partial charge is 0.325 e. The topological polar surface area (TPSA) is 66.5 Å². The van der Waals surface area contributed by atoms with Gasteiger partial charge < -0.3 is 5.32 Å². The number of nitrogens with zero attached hydrogens (tertiary/aromatic N) is 1. The maximum Gasteiger partial charge on any atom is 0.243 e. The number of halogens is 2. The van der Waals surface area contributed by atoms with Crippen LogP contribution in [0.2, 0.25) is 10.0 Å². The van der Waals surface area contributed by atoms with E-state index < -0.39 is 22.0 Å². The fourth-order valence-corrected chi connectivity index (χ4v) is 5.07. The first-order valence-electron chi connectivity index (χ1n) is 7.72. The van der Waals surface area contributed by atoms with Crippen molar-refractivity contribution in [3.8, 4) is 0 Å². The molecule has 0 saturated carbocycles. The van der Waals surface area contributed by atoms with E-state index in [4.69, 9.17) is 23.2 Å². The number of nitrogens with one attached hydrogen (secondary N) is 1. The molecule has 1 N–H and O–H groups in total. The lowest BCUT2D eigenvalue weighted by molar-refractivity contribution is -0.119. The van der Waals surface area contributed by atoms with Gasteiger partial charge in [-0.05, 0) is 43.2 Å². The van der Waals surface area contributed by atoms with Gasteiger partial charge in [0.1, 0.15) is 6.04 Å². The molecular formula is C17H16Cl2N2O3S. The molecule has 2 aromatic rings. The molecule has 1 fully saturated rings. The summed E-state index contributed by atoms with van der Waals surface area (Å²) in [6.07, 6.45) is 1.09. The quantitative estimate of drug-likeness (QED) is 0.851. The number of carbonyl (C=O) groups is 1. The van der Waals surface area contributed by atoms with Crippen molar-refractivity contribution in [2.24, 2.45) is 0 Å². The summed E-state index contributed by atoms with van der Waals surface area (Å²) in [7, 11) is -3.72. The third kappa shape index (κ3) is 3.98. The van der Waals surface area contributed by atoms with Gasteiger partial charge >= 0.3 is 0 Å². The average Bonchev–Trinajstić information content (AvgIpc) is 3.05. The van der Waals surface area contributed by atoms with Gasteiger partial charge in [-0.3, -0.25) is 4.79 Å². The summed E-state index contributed by atoms with van der Waals surface area (Å²) in [4.78, 5) is 12.8. The van der Waals surface area contributed by atoms with Gasteiger partial charge in [0.25, 0.3) is 0 Å². The first kappa shape index (κ1) is 18.2. The molecule has 1 saturated heterocycles. The maximum atomic E-state index is 12.8. The fourth-order valence-electron chi connectivity index (χ4n) is 2.87. The molecule has 0 aliphatic carbocycles. The minimum absolute atomic E-state index is 0.181. The van der Waals surface area contributed by atoms with Gasteiger partial charge in [0, 0.05) is 22.3 Å². The highest BCUT2D eigenvalue weighted by atomic mass is 35.5.